The molecule has 1 saturated heterocycles. The number of β-amino-alcohol motifs (C(OH)–C–C–N with tert-alkyl or cyclic N) is 1. The molecule has 2 aliphatic heterocycles. The summed E-state index contributed by atoms with van der Waals surface area (Å²) in [6, 6.07) is 1.62. The van der Waals surface area contributed by atoms with Crippen LogP contribution in [0, 0.1) is 5.92 Å². The summed E-state index contributed by atoms with van der Waals surface area (Å²) in [6.07, 6.45) is -6.06. The first kappa shape index (κ1) is 16.8. The van der Waals surface area contributed by atoms with Gasteiger partial charge in [-0.15, -0.1) is 0 Å². The maximum absolute atomic E-state index is 12.3. The largest absolute Gasteiger partial charge is 0.415 e. The van der Waals surface area contributed by atoms with Crippen LogP contribution in [0.5, 0.6) is 0 Å². The second-order valence-corrected chi connectivity index (χ2v) is 7.19. The van der Waals surface area contributed by atoms with Gasteiger partial charge in [-0.1, -0.05) is 0 Å². The summed E-state index contributed by atoms with van der Waals surface area (Å²) >= 11 is 1.78. The molecule has 3 heterocycles. The van der Waals surface area contributed by atoms with Gasteiger partial charge in [0.2, 0.25) is 0 Å². The molecule has 0 aromatic carbocycles. The summed E-state index contributed by atoms with van der Waals surface area (Å²) in [7, 11) is 0. The lowest BCUT2D eigenvalue weighted by atomic mass is 9.99. The van der Waals surface area contributed by atoms with Crippen LogP contribution >= 0.6 is 11.8 Å². The average molecular weight is 349 g/mol. The van der Waals surface area contributed by atoms with Gasteiger partial charge in [0.25, 0.3) is 5.56 Å². The molecule has 1 fully saturated rings. The second-order valence-electron chi connectivity index (χ2n) is 6.08. The monoisotopic (exact) mass is 349 g/mol. The summed E-state index contributed by atoms with van der Waals surface area (Å²) < 4.78 is 38.3. The molecule has 0 saturated carbocycles. The van der Waals surface area contributed by atoms with E-state index in [1.807, 2.05) is 0 Å². The van der Waals surface area contributed by atoms with E-state index < -0.39 is 18.8 Å². The van der Waals surface area contributed by atoms with Crippen molar-refractivity contribution in [3.05, 3.63) is 27.7 Å². The quantitative estimate of drug-likeness (QED) is 0.875. The van der Waals surface area contributed by atoms with Crippen molar-refractivity contribution in [2.24, 2.45) is 5.92 Å². The maximum atomic E-state index is 12.3. The van der Waals surface area contributed by atoms with E-state index >= 15 is 0 Å². The number of aryl methyl sites for hydroxylation is 1. The third-order valence-electron chi connectivity index (χ3n) is 4.18. The predicted molar refractivity (Wildman–Crippen MR) is 80.4 cm³/mol. The summed E-state index contributed by atoms with van der Waals surface area (Å²) in [5.74, 6) is 1.90. The van der Waals surface area contributed by atoms with Gasteiger partial charge in [0.15, 0.2) is 6.10 Å². The zero-order valence-electron chi connectivity index (χ0n) is 12.4. The normalized spacial score (nSPS) is 20.9. The molecule has 1 atom stereocenters. The van der Waals surface area contributed by atoms with Crippen LogP contribution in [0.3, 0.4) is 0 Å². The van der Waals surface area contributed by atoms with Gasteiger partial charge in [0, 0.05) is 43.8 Å². The minimum absolute atomic E-state index is 0.0941. The third kappa shape index (κ3) is 3.89. The Balaban J connectivity index is 1.55. The Morgan fingerprint density at radius 3 is 2.87 bits per heavy atom. The van der Waals surface area contributed by atoms with Crippen LogP contribution in [0.4, 0.5) is 13.2 Å². The molecular weight excluding hydrogens is 331 g/mol. The van der Waals surface area contributed by atoms with Gasteiger partial charge < -0.3 is 5.11 Å². The van der Waals surface area contributed by atoms with Gasteiger partial charge in [-0.25, -0.2) is 4.68 Å². The first-order valence-corrected chi connectivity index (χ1v) is 8.63. The molecule has 5 nitrogen and oxygen atoms in total. The zero-order valence-corrected chi connectivity index (χ0v) is 13.2. The molecule has 0 radical (unpaired) electrons. The van der Waals surface area contributed by atoms with Crippen LogP contribution in [0.15, 0.2) is 10.9 Å². The van der Waals surface area contributed by atoms with Crippen molar-refractivity contribution in [2.75, 3.05) is 25.4 Å². The molecule has 1 aromatic heterocycles. The molecule has 0 amide bonds. The number of thioether (sulfide) groups is 1. The SMILES string of the molecule is O=c1cc2c(nn1CC1CN(CC(O)C(F)(F)F)C1)CCSC2. The van der Waals surface area contributed by atoms with Crippen LogP contribution in [-0.2, 0) is 18.7 Å². The van der Waals surface area contributed by atoms with E-state index in [-0.39, 0.29) is 11.5 Å². The lowest BCUT2D eigenvalue weighted by Crippen LogP contribution is -2.54. The lowest BCUT2D eigenvalue weighted by molar-refractivity contribution is -0.211. The number of halogens is 3. The van der Waals surface area contributed by atoms with E-state index in [1.54, 1.807) is 22.7 Å². The number of likely N-dealkylation sites (tertiary alicyclic amines) is 1. The number of hydrogen-bond donors (Lipinski definition) is 1. The van der Waals surface area contributed by atoms with Gasteiger partial charge in [-0.2, -0.15) is 30.0 Å². The van der Waals surface area contributed by atoms with Crippen LogP contribution in [0.2, 0.25) is 0 Å². The Kier molecular flexibility index (Phi) is 4.70. The highest BCUT2D eigenvalue weighted by Gasteiger charge is 2.41. The molecule has 1 unspecified atom stereocenters. The highest BCUT2D eigenvalue weighted by atomic mass is 32.2. The molecular formula is C14H18F3N3O2S. The molecule has 0 aliphatic carbocycles. The van der Waals surface area contributed by atoms with Crippen molar-refractivity contribution in [3.63, 3.8) is 0 Å². The summed E-state index contributed by atoms with van der Waals surface area (Å²) in [5, 5.41) is 13.4. The lowest BCUT2D eigenvalue weighted by Gasteiger charge is -2.40. The molecule has 0 spiro atoms. The highest BCUT2D eigenvalue weighted by Crippen LogP contribution is 2.25. The minimum Gasteiger partial charge on any atom is -0.382 e. The summed E-state index contributed by atoms with van der Waals surface area (Å²) in [6.45, 7) is 0.879. The first-order valence-electron chi connectivity index (χ1n) is 7.47. The van der Waals surface area contributed by atoms with E-state index in [1.165, 1.54) is 4.68 Å². The molecule has 0 bridgehead atoms. The number of aliphatic hydroxyl groups is 1. The van der Waals surface area contributed by atoms with E-state index in [2.05, 4.69) is 5.10 Å². The summed E-state index contributed by atoms with van der Waals surface area (Å²) in [5.41, 5.74) is 1.79. The van der Waals surface area contributed by atoms with Gasteiger partial charge in [-0.05, 0) is 11.3 Å². The van der Waals surface area contributed by atoms with E-state index in [0.29, 0.717) is 19.6 Å². The van der Waals surface area contributed by atoms with Crippen molar-refractivity contribution in [1.82, 2.24) is 14.7 Å². The number of hydrogen-bond acceptors (Lipinski definition) is 5. The number of rotatable bonds is 4. The molecule has 2 aliphatic rings. The zero-order chi connectivity index (χ0) is 16.6. The smallest absolute Gasteiger partial charge is 0.382 e. The first-order chi connectivity index (χ1) is 10.8. The van der Waals surface area contributed by atoms with Crippen molar-refractivity contribution >= 4 is 11.8 Å². The molecule has 3 rings (SSSR count). The number of alkyl halides is 3. The van der Waals surface area contributed by atoms with Gasteiger partial charge >= 0.3 is 6.18 Å². The Morgan fingerprint density at radius 2 is 2.17 bits per heavy atom. The van der Waals surface area contributed by atoms with E-state index in [0.717, 1.165) is 29.2 Å². The average Bonchev–Trinajstić information content (AvgIpc) is 2.44. The Morgan fingerprint density at radius 1 is 1.43 bits per heavy atom. The standard InChI is InChI=1S/C14H18F3N3O2S/c15-14(16,17)12(21)7-19-4-9(5-19)6-20-13(22)3-10-8-23-2-1-11(10)18-20/h3,9,12,21H,1-2,4-8H2. The number of fused-ring (bicyclic) bond motifs is 1. The van der Waals surface area contributed by atoms with E-state index in [4.69, 9.17) is 5.11 Å². The molecule has 9 heteroatoms. The second kappa shape index (κ2) is 6.45. The Hall–Kier alpha value is -1.06. The van der Waals surface area contributed by atoms with Gasteiger partial charge in [-0.3, -0.25) is 9.69 Å². The predicted octanol–water partition coefficient (Wildman–Crippen LogP) is 0.888. The topological polar surface area (TPSA) is 58.4 Å². The van der Waals surface area contributed by atoms with Crippen LogP contribution in [0.25, 0.3) is 0 Å². The highest BCUT2D eigenvalue weighted by molar-refractivity contribution is 7.98. The fourth-order valence-electron chi connectivity index (χ4n) is 2.92. The molecule has 1 N–H and O–H groups in total. The Bertz CT molecular complexity index is 629. The molecule has 1 aromatic rings. The summed E-state index contributed by atoms with van der Waals surface area (Å²) in [4.78, 5) is 13.6. The van der Waals surface area contributed by atoms with Crippen LogP contribution in [0.1, 0.15) is 11.3 Å². The van der Waals surface area contributed by atoms with Crippen LogP contribution < -0.4 is 5.56 Å². The maximum Gasteiger partial charge on any atom is 0.415 e. The van der Waals surface area contributed by atoms with Crippen molar-refractivity contribution < 1.29 is 18.3 Å². The van der Waals surface area contributed by atoms with Crippen molar-refractivity contribution in [1.29, 1.82) is 0 Å². The van der Waals surface area contributed by atoms with Crippen molar-refractivity contribution in [3.8, 4) is 0 Å². The van der Waals surface area contributed by atoms with Gasteiger partial charge in [0.05, 0.1) is 12.2 Å². The third-order valence-corrected chi connectivity index (χ3v) is 5.19. The van der Waals surface area contributed by atoms with Crippen molar-refractivity contribution in [2.45, 2.75) is 31.0 Å². The van der Waals surface area contributed by atoms with Crippen LogP contribution in [-0.4, -0.2) is 57.5 Å². The van der Waals surface area contributed by atoms with E-state index in [9.17, 15) is 18.0 Å². The number of aliphatic hydroxyl groups excluding tert-OH is 1. The number of nitrogens with zero attached hydrogens (tertiary/aromatic N) is 3. The fraction of sp³-hybridized carbons (Fsp3) is 0.714. The fourth-order valence-corrected chi connectivity index (χ4v) is 3.87. The minimum atomic E-state index is -4.58. The molecule has 128 valence electrons. The number of aromatic nitrogens is 2. The van der Waals surface area contributed by atoms with Gasteiger partial charge in [0.1, 0.15) is 0 Å². The molecule has 23 heavy (non-hydrogen) atoms. The Labute approximate surface area is 135 Å².